The lowest BCUT2D eigenvalue weighted by molar-refractivity contribution is -0.118. The van der Waals surface area contributed by atoms with E-state index >= 15 is 0 Å². The van der Waals surface area contributed by atoms with Gasteiger partial charge in [-0.1, -0.05) is 30.3 Å². The van der Waals surface area contributed by atoms with Gasteiger partial charge >= 0.3 is 0 Å². The third-order valence-electron chi connectivity index (χ3n) is 4.90. The number of amides is 1. The first-order valence-electron chi connectivity index (χ1n) is 9.87. The van der Waals surface area contributed by atoms with E-state index in [0.29, 0.717) is 29.7 Å². The van der Waals surface area contributed by atoms with Crippen LogP contribution >= 0.6 is 0 Å². The number of hydrogen-bond donors (Lipinski definition) is 0. The predicted molar refractivity (Wildman–Crippen MR) is 115 cm³/mol. The van der Waals surface area contributed by atoms with E-state index in [9.17, 15) is 9.18 Å². The minimum atomic E-state index is -0.356. The molecule has 152 valence electrons. The highest BCUT2D eigenvalue weighted by Gasteiger charge is 2.19. The molecule has 0 N–H and O–H groups in total. The lowest BCUT2D eigenvalue weighted by Gasteiger charge is -2.23. The second-order valence-electron chi connectivity index (χ2n) is 6.97. The SMILES string of the molecule is CCOc1ccc(N(Cc2ccccc2)C(=O)Cc2coc3ccc(F)cc23)cc1. The molecule has 1 aromatic heterocycles. The molecule has 0 aliphatic carbocycles. The van der Waals surface area contributed by atoms with Crippen molar-refractivity contribution >= 4 is 22.6 Å². The molecule has 3 aromatic carbocycles. The van der Waals surface area contributed by atoms with Crippen molar-refractivity contribution in [3.05, 3.63) is 96.0 Å². The summed E-state index contributed by atoms with van der Waals surface area (Å²) in [6.07, 6.45) is 1.64. The Morgan fingerprint density at radius 3 is 2.53 bits per heavy atom. The van der Waals surface area contributed by atoms with Gasteiger partial charge in [0.15, 0.2) is 0 Å². The van der Waals surface area contributed by atoms with E-state index in [-0.39, 0.29) is 18.1 Å². The van der Waals surface area contributed by atoms with Crippen LogP contribution in [0.3, 0.4) is 0 Å². The zero-order chi connectivity index (χ0) is 20.9. The Labute approximate surface area is 174 Å². The molecule has 0 fully saturated rings. The van der Waals surface area contributed by atoms with Gasteiger partial charge in [0.25, 0.3) is 0 Å². The summed E-state index contributed by atoms with van der Waals surface area (Å²) in [7, 11) is 0. The Bertz CT molecular complexity index is 1140. The van der Waals surface area contributed by atoms with Gasteiger partial charge in [0.2, 0.25) is 5.91 Å². The summed E-state index contributed by atoms with van der Waals surface area (Å²) < 4.78 is 24.7. The summed E-state index contributed by atoms with van der Waals surface area (Å²) in [4.78, 5) is 15.0. The minimum absolute atomic E-state index is 0.102. The quantitative estimate of drug-likeness (QED) is 0.395. The van der Waals surface area contributed by atoms with Crippen molar-refractivity contribution in [2.45, 2.75) is 19.9 Å². The van der Waals surface area contributed by atoms with Crippen molar-refractivity contribution in [3.63, 3.8) is 0 Å². The molecule has 1 heterocycles. The molecule has 0 radical (unpaired) electrons. The third kappa shape index (κ3) is 4.35. The van der Waals surface area contributed by atoms with Gasteiger partial charge in [-0.25, -0.2) is 4.39 Å². The number of anilines is 1. The van der Waals surface area contributed by atoms with Crippen molar-refractivity contribution in [1.82, 2.24) is 0 Å². The lowest BCUT2D eigenvalue weighted by Crippen LogP contribution is -2.31. The maximum atomic E-state index is 13.7. The van der Waals surface area contributed by atoms with Crippen LogP contribution in [-0.2, 0) is 17.8 Å². The molecular weight excluding hydrogens is 381 g/mol. The van der Waals surface area contributed by atoms with Crippen molar-refractivity contribution in [2.24, 2.45) is 0 Å². The predicted octanol–water partition coefficient (Wildman–Crippen LogP) is 5.75. The zero-order valence-electron chi connectivity index (χ0n) is 16.7. The van der Waals surface area contributed by atoms with E-state index in [4.69, 9.17) is 9.15 Å². The average molecular weight is 403 g/mol. The van der Waals surface area contributed by atoms with Gasteiger partial charge in [0.05, 0.1) is 25.8 Å². The van der Waals surface area contributed by atoms with Gasteiger partial charge in [0, 0.05) is 16.6 Å². The number of benzene rings is 3. The van der Waals surface area contributed by atoms with Crippen molar-refractivity contribution in [2.75, 3.05) is 11.5 Å². The van der Waals surface area contributed by atoms with Crippen LogP contribution in [0.5, 0.6) is 5.75 Å². The maximum absolute atomic E-state index is 13.7. The molecule has 0 bridgehead atoms. The molecule has 0 unspecified atom stereocenters. The van der Waals surface area contributed by atoms with Gasteiger partial charge in [-0.15, -0.1) is 0 Å². The molecular formula is C25H22FNO3. The van der Waals surface area contributed by atoms with Crippen LogP contribution in [-0.4, -0.2) is 12.5 Å². The molecule has 0 saturated heterocycles. The Hall–Kier alpha value is -3.60. The molecule has 4 aromatic rings. The van der Waals surface area contributed by atoms with Crippen LogP contribution in [0.2, 0.25) is 0 Å². The van der Waals surface area contributed by atoms with Crippen LogP contribution in [0.25, 0.3) is 11.0 Å². The molecule has 0 atom stereocenters. The van der Waals surface area contributed by atoms with Crippen LogP contribution < -0.4 is 9.64 Å². The molecule has 0 aliphatic rings. The zero-order valence-corrected chi connectivity index (χ0v) is 16.7. The van der Waals surface area contributed by atoms with Crippen molar-refractivity contribution < 1.29 is 18.3 Å². The fourth-order valence-electron chi connectivity index (χ4n) is 3.43. The van der Waals surface area contributed by atoms with Crippen LogP contribution in [0.15, 0.2) is 83.5 Å². The average Bonchev–Trinajstić information content (AvgIpc) is 3.15. The summed E-state index contributed by atoms with van der Waals surface area (Å²) in [5.74, 6) is 0.296. The van der Waals surface area contributed by atoms with Crippen LogP contribution in [0.4, 0.5) is 10.1 Å². The Balaban J connectivity index is 1.63. The van der Waals surface area contributed by atoms with E-state index < -0.39 is 0 Å². The fraction of sp³-hybridized carbons (Fsp3) is 0.160. The summed E-state index contributed by atoms with van der Waals surface area (Å²) in [6.45, 7) is 2.94. The smallest absolute Gasteiger partial charge is 0.231 e. The molecule has 4 rings (SSSR count). The van der Waals surface area contributed by atoms with Crippen LogP contribution in [0.1, 0.15) is 18.1 Å². The summed E-state index contributed by atoms with van der Waals surface area (Å²) >= 11 is 0. The summed E-state index contributed by atoms with van der Waals surface area (Å²) in [6, 6.07) is 21.6. The molecule has 4 nitrogen and oxygen atoms in total. The number of rotatable bonds is 7. The number of nitrogens with zero attached hydrogens (tertiary/aromatic N) is 1. The van der Waals surface area contributed by atoms with Crippen molar-refractivity contribution in [1.29, 1.82) is 0 Å². The molecule has 5 heteroatoms. The molecule has 0 spiro atoms. The number of ether oxygens (including phenoxy) is 1. The molecule has 0 aliphatic heterocycles. The van der Waals surface area contributed by atoms with Gasteiger partial charge < -0.3 is 14.1 Å². The minimum Gasteiger partial charge on any atom is -0.494 e. The second kappa shape index (κ2) is 8.82. The highest BCUT2D eigenvalue weighted by molar-refractivity contribution is 5.97. The third-order valence-corrected chi connectivity index (χ3v) is 4.90. The monoisotopic (exact) mass is 403 g/mol. The Kier molecular flexibility index (Phi) is 5.80. The number of carbonyl (C=O) groups excluding carboxylic acids is 1. The highest BCUT2D eigenvalue weighted by atomic mass is 19.1. The topological polar surface area (TPSA) is 42.7 Å². The number of halogens is 1. The number of hydrogen-bond acceptors (Lipinski definition) is 3. The summed E-state index contributed by atoms with van der Waals surface area (Å²) in [5, 5.41) is 0.620. The van der Waals surface area contributed by atoms with E-state index in [1.54, 1.807) is 11.0 Å². The van der Waals surface area contributed by atoms with Crippen LogP contribution in [0, 0.1) is 5.82 Å². The molecule has 0 saturated carbocycles. The van der Waals surface area contributed by atoms with Crippen molar-refractivity contribution in [3.8, 4) is 5.75 Å². The normalized spacial score (nSPS) is 10.9. The van der Waals surface area contributed by atoms with E-state index in [1.807, 2.05) is 61.5 Å². The standard InChI is InChI=1S/C25H22FNO3/c1-2-29-22-11-9-21(10-12-22)27(16-18-6-4-3-5-7-18)25(28)14-19-17-30-24-13-8-20(26)15-23(19)24/h3-13,15,17H,2,14,16H2,1H3. The van der Waals surface area contributed by atoms with Gasteiger partial charge in [0.1, 0.15) is 17.1 Å². The molecule has 1 amide bonds. The largest absolute Gasteiger partial charge is 0.494 e. The Morgan fingerprint density at radius 2 is 1.80 bits per heavy atom. The van der Waals surface area contributed by atoms with E-state index in [0.717, 1.165) is 17.0 Å². The van der Waals surface area contributed by atoms with Gasteiger partial charge in [-0.3, -0.25) is 4.79 Å². The fourth-order valence-corrected chi connectivity index (χ4v) is 3.43. The van der Waals surface area contributed by atoms with E-state index in [2.05, 4.69) is 0 Å². The number of furan rings is 1. The molecule has 30 heavy (non-hydrogen) atoms. The second-order valence-corrected chi connectivity index (χ2v) is 6.97. The number of fused-ring (bicyclic) bond motifs is 1. The highest BCUT2D eigenvalue weighted by Crippen LogP contribution is 2.26. The number of carbonyl (C=O) groups is 1. The maximum Gasteiger partial charge on any atom is 0.231 e. The van der Waals surface area contributed by atoms with Gasteiger partial charge in [-0.05, 0) is 55.0 Å². The van der Waals surface area contributed by atoms with E-state index in [1.165, 1.54) is 18.4 Å². The first-order valence-corrected chi connectivity index (χ1v) is 9.87. The van der Waals surface area contributed by atoms with Gasteiger partial charge in [-0.2, -0.15) is 0 Å². The first kappa shape index (κ1) is 19.7. The Morgan fingerprint density at radius 1 is 1.03 bits per heavy atom. The first-order chi connectivity index (χ1) is 14.6. The lowest BCUT2D eigenvalue weighted by atomic mass is 10.1. The summed E-state index contributed by atoms with van der Waals surface area (Å²) in [5.41, 5.74) is 3.02.